The van der Waals surface area contributed by atoms with Crippen molar-refractivity contribution in [2.45, 2.75) is 37.0 Å². The standard InChI is InChI=1S/C22H19N3O7S2/c1-12(32-13(2)26)17-19(27)24-18(22(34-20(17)24)33-16-5-3-4-10-23-16)21(28)31-11-14-6-8-15(9-7-14)25(29)30/h3-10,12,17,20H,11H2,1-2H3/t12?,17?,20-/m1/s1. The molecule has 1 aromatic carbocycles. The molecule has 10 nitrogen and oxygen atoms in total. The van der Waals surface area contributed by atoms with Crippen LogP contribution in [0.5, 0.6) is 0 Å². The van der Waals surface area contributed by atoms with Gasteiger partial charge in [-0.25, -0.2) is 9.78 Å². The minimum atomic E-state index is -0.696. The van der Waals surface area contributed by atoms with Crippen LogP contribution in [0.15, 0.2) is 63.6 Å². The number of hydrogen-bond acceptors (Lipinski definition) is 10. The number of amides is 1. The molecule has 1 aromatic heterocycles. The van der Waals surface area contributed by atoms with Crippen molar-refractivity contribution in [3.05, 3.63) is 74.3 Å². The number of hydrogen-bond donors (Lipinski definition) is 0. The molecule has 2 aromatic rings. The van der Waals surface area contributed by atoms with Crippen LogP contribution < -0.4 is 0 Å². The number of esters is 2. The van der Waals surface area contributed by atoms with Crippen LogP contribution in [0.25, 0.3) is 0 Å². The minimum Gasteiger partial charge on any atom is -0.462 e. The van der Waals surface area contributed by atoms with Crippen molar-refractivity contribution in [1.82, 2.24) is 9.88 Å². The van der Waals surface area contributed by atoms with E-state index in [1.165, 1.54) is 59.6 Å². The predicted octanol–water partition coefficient (Wildman–Crippen LogP) is 3.48. The number of aromatic nitrogens is 1. The van der Waals surface area contributed by atoms with E-state index >= 15 is 0 Å². The van der Waals surface area contributed by atoms with Crippen LogP contribution in [0.1, 0.15) is 19.4 Å². The van der Waals surface area contributed by atoms with E-state index in [4.69, 9.17) is 9.47 Å². The molecule has 0 N–H and O–H groups in total. The van der Waals surface area contributed by atoms with Crippen molar-refractivity contribution in [2.75, 3.05) is 0 Å². The Morgan fingerprint density at radius 3 is 2.62 bits per heavy atom. The number of rotatable bonds is 8. The van der Waals surface area contributed by atoms with E-state index in [0.717, 1.165) is 0 Å². The van der Waals surface area contributed by atoms with Gasteiger partial charge in [0.15, 0.2) is 5.70 Å². The Morgan fingerprint density at radius 2 is 2.00 bits per heavy atom. The molecular formula is C22H19N3O7S2. The first-order chi connectivity index (χ1) is 16.3. The largest absolute Gasteiger partial charge is 0.462 e. The molecule has 2 aliphatic heterocycles. The summed E-state index contributed by atoms with van der Waals surface area (Å²) in [5.41, 5.74) is 0.613. The number of benzene rings is 1. The maximum Gasteiger partial charge on any atom is 0.357 e. The second kappa shape index (κ2) is 9.85. The molecule has 0 aliphatic carbocycles. The Morgan fingerprint density at radius 1 is 1.26 bits per heavy atom. The van der Waals surface area contributed by atoms with Gasteiger partial charge in [0.25, 0.3) is 5.69 Å². The van der Waals surface area contributed by atoms with Gasteiger partial charge in [-0.3, -0.25) is 24.6 Å². The van der Waals surface area contributed by atoms with E-state index < -0.39 is 34.3 Å². The predicted molar refractivity (Wildman–Crippen MR) is 123 cm³/mol. The lowest BCUT2D eigenvalue weighted by molar-refractivity contribution is -0.384. The summed E-state index contributed by atoms with van der Waals surface area (Å²) in [6, 6.07) is 11.0. The molecule has 0 radical (unpaired) electrons. The van der Waals surface area contributed by atoms with E-state index in [9.17, 15) is 24.5 Å². The summed E-state index contributed by atoms with van der Waals surface area (Å²) in [6.07, 6.45) is 0.983. The van der Waals surface area contributed by atoms with Crippen molar-refractivity contribution < 1.29 is 28.8 Å². The third-order valence-corrected chi connectivity index (χ3v) is 7.67. The van der Waals surface area contributed by atoms with Gasteiger partial charge in [0, 0.05) is 25.3 Å². The van der Waals surface area contributed by atoms with Gasteiger partial charge in [-0.2, -0.15) is 0 Å². The van der Waals surface area contributed by atoms with Gasteiger partial charge in [0.05, 0.1) is 9.16 Å². The molecule has 3 heterocycles. The quantitative estimate of drug-likeness (QED) is 0.229. The number of nitrogens with zero attached hydrogens (tertiary/aromatic N) is 3. The maximum absolute atomic E-state index is 13.1. The summed E-state index contributed by atoms with van der Waals surface area (Å²) < 4.78 is 11.2. The SMILES string of the molecule is CC(=O)OC(C)C1C(=O)N2C(C(=O)OCc3ccc([N+](=O)[O-])cc3)=C(Sc3ccccn3)S[C@H]12. The van der Waals surface area contributed by atoms with Crippen LogP contribution in [0, 0.1) is 16.0 Å². The number of pyridine rings is 1. The van der Waals surface area contributed by atoms with Gasteiger partial charge in [-0.05, 0) is 36.8 Å². The van der Waals surface area contributed by atoms with Crippen LogP contribution in [-0.2, 0) is 30.5 Å². The number of thioether (sulfide) groups is 2. The van der Waals surface area contributed by atoms with E-state index in [1.807, 2.05) is 6.07 Å². The molecule has 176 valence electrons. The fourth-order valence-electron chi connectivity index (χ4n) is 3.57. The number of carbonyl (C=O) groups is 3. The fourth-order valence-corrected chi connectivity index (χ4v) is 6.35. The number of non-ortho nitro benzene ring substituents is 1. The van der Waals surface area contributed by atoms with Gasteiger partial charge in [-0.1, -0.05) is 29.6 Å². The first-order valence-corrected chi connectivity index (χ1v) is 11.9. The highest BCUT2D eigenvalue weighted by Gasteiger charge is 2.59. The summed E-state index contributed by atoms with van der Waals surface area (Å²) in [5.74, 6) is -2.10. The molecule has 3 atom stereocenters. The zero-order chi connectivity index (χ0) is 24.4. The zero-order valence-corrected chi connectivity index (χ0v) is 19.7. The van der Waals surface area contributed by atoms with Crippen molar-refractivity contribution in [2.24, 2.45) is 5.92 Å². The Balaban J connectivity index is 1.54. The summed E-state index contributed by atoms with van der Waals surface area (Å²) in [5, 5.41) is 11.1. The highest BCUT2D eigenvalue weighted by Crippen LogP contribution is 2.55. The average molecular weight is 502 g/mol. The first kappa shape index (κ1) is 23.8. The van der Waals surface area contributed by atoms with E-state index in [-0.39, 0.29) is 23.9 Å². The highest BCUT2D eigenvalue weighted by molar-refractivity contribution is 8.22. The minimum absolute atomic E-state index is 0.0685. The number of ether oxygens (including phenoxy) is 2. The third kappa shape index (κ3) is 4.77. The lowest BCUT2D eigenvalue weighted by Crippen LogP contribution is -2.61. The number of fused-ring (bicyclic) bond motifs is 1. The van der Waals surface area contributed by atoms with Gasteiger partial charge in [0.1, 0.15) is 29.0 Å². The van der Waals surface area contributed by atoms with E-state index in [2.05, 4.69) is 4.98 Å². The average Bonchev–Trinajstić information content (AvgIpc) is 3.11. The lowest BCUT2D eigenvalue weighted by Gasteiger charge is -2.44. The first-order valence-electron chi connectivity index (χ1n) is 10.2. The number of carbonyl (C=O) groups excluding carboxylic acids is 3. The molecule has 0 spiro atoms. The molecule has 1 fully saturated rings. The Hall–Kier alpha value is -3.38. The fraction of sp³-hybridized carbons (Fsp3) is 0.273. The smallest absolute Gasteiger partial charge is 0.357 e. The van der Waals surface area contributed by atoms with Crippen LogP contribution in [0.2, 0.25) is 0 Å². The molecular weight excluding hydrogens is 482 g/mol. The summed E-state index contributed by atoms with van der Waals surface area (Å²) in [6.45, 7) is 2.81. The Bertz CT molecular complexity index is 1170. The van der Waals surface area contributed by atoms with Crippen LogP contribution in [0.4, 0.5) is 5.69 Å². The Labute approximate surface area is 202 Å². The van der Waals surface area contributed by atoms with Gasteiger partial charge >= 0.3 is 11.9 Å². The number of β-lactam (4-membered cyclic amide) rings is 1. The molecule has 1 amide bonds. The Kier molecular flexibility index (Phi) is 6.89. The molecule has 0 bridgehead atoms. The number of nitro groups is 1. The molecule has 12 heteroatoms. The van der Waals surface area contributed by atoms with Crippen molar-refractivity contribution in [3.8, 4) is 0 Å². The number of nitro benzene ring substituents is 1. The summed E-state index contributed by atoms with van der Waals surface area (Å²) in [4.78, 5) is 53.3. The summed E-state index contributed by atoms with van der Waals surface area (Å²) in [7, 11) is 0. The zero-order valence-electron chi connectivity index (χ0n) is 18.1. The topological polar surface area (TPSA) is 129 Å². The monoisotopic (exact) mass is 501 g/mol. The maximum atomic E-state index is 13.1. The molecule has 2 aliphatic rings. The van der Waals surface area contributed by atoms with Gasteiger partial charge in [-0.15, -0.1) is 0 Å². The normalized spacial score (nSPS) is 19.8. The molecule has 4 rings (SSSR count). The lowest BCUT2D eigenvalue weighted by atomic mass is 9.92. The highest BCUT2D eigenvalue weighted by atomic mass is 32.2. The second-order valence-corrected chi connectivity index (χ2v) is 9.88. The van der Waals surface area contributed by atoms with Crippen LogP contribution in [0.3, 0.4) is 0 Å². The molecule has 1 saturated heterocycles. The van der Waals surface area contributed by atoms with E-state index in [0.29, 0.717) is 14.8 Å². The van der Waals surface area contributed by atoms with Crippen LogP contribution >= 0.6 is 23.5 Å². The molecule has 34 heavy (non-hydrogen) atoms. The van der Waals surface area contributed by atoms with Crippen molar-refractivity contribution >= 4 is 47.1 Å². The van der Waals surface area contributed by atoms with Crippen molar-refractivity contribution in [1.29, 1.82) is 0 Å². The summed E-state index contributed by atoms with van der Waals surface area (Å²) >= 11 is 2.57. The van der Waals surface area contributed by atoms with E-state index in [1.54, 1.807) is 25.3 Å². The van der Waals surface area contributed by atoms with Gasteiger partial charge in [0.2, 0.25) is 5.91 Å². The second-order valence-electron chi connectivity index (χ2n) is 7.46. The van der Waals surface area contributed by atoms with Crippen LogP contribution in [-0.4, -0.2) is 44.1 Å². The van der Waals surface area contributed by atoms with Crippen molar-refractivity contribution in [3.63, 3.8) is 0 Å². The third-order valence-electron chi connectivity index (χ3n) is 5.15. The van der Waals surface area contributed by atoms with Gasteiger partial charge < -0.3 is 9.47 Å². The molecule has 2 unspecified atom stereocenters. The molecule has 0 saturated carbocycles.